The Kier molecular flexibility index (Phi) is 7.08. The van der Waals surface area contributed by atoms with Crippen molar-refractivity contribution in [1.29, 1.82) is 0 Å². The van der Waals surface area contributed by atoms with Crippen LogP contribution in [0.3, 0.4) is 0 Å². The highest BCUT2D eigenvalue weighted by molar-refractivity contribution is 5.77. The van der Waals surface area contributed by atoms with Crippen molar-refractivity contribution in [1.82, 2.24) is 29.5 Å². The zero-order valence-corrected chi connectivity index (χ0v) is 22.5. The van der Waals surface area contributed by atoms with Crippen LogP contribution in [0.5, 0.6) is 0 Å². The molecular formula is C25H34F3N7O3. The molecule has 0 saturated carbocycles. The minimum absolute atomic E-state index is 0.0301. The third-order valence-corrected chi connectivity index (χ3v) is 6.68. The van der Waals surface area contributed by atoms with E-state index in [1.54, 1.807) is 35.5 Å². The number of halogens is 3. The Morgan fingerprint density at radius 1 is 1.13 bits per heavy atom. The SMILES string of the molecule is C[C@H]1CCN1c1nc(-c2cnn(CC(=O)N3CCN(C(=O)OC(C)(C)C)C(C)(C)C3)c2)cc(C(F)(F)F)n1. The van der Waals surface area contributed by atoms with E-state index in [2.05, 4.69) is 15.1 Å². The van der Waals surface area contributed by atoms with Crippen molar-refractivity contribution in [2.75, 3.05) is 31.1 Å². The average Bonchev–Trinajstić information content (AvgIpc) is 3.23. The highest BCUT2D eigenvalue weighted by atomic mass is 19.4. The van der Waals surface area contributed by atoms with Crippen LogP contribution in [-0.4, -0.2) is 84.9 Å². The van der Waals surface area contributed by atoms with Gasteiger partial charge in [0.25, 0.3) is 0 Å². The lowest BCUT2D eigenvalue weighted by Gasteiger charge is -2.46. The third-order valence-electron chi connectivity index (χ3n) is 6.68. The van der Waals surface area contributed by atoms with Crippen molar-refractivity contribution in [2.45, 2.75) is 77.9 Å². The number of hydrogen-bond acceptors (Lipinski definition) is 7. The normalized spacial score (nSPS) is 19.8. The van der Waals surface area contributed by atoms with Crippen molar-refractivity contribution < 1.29 is 27.5 Å². The number of nitrogens with zero attached hydrogens (tertiary/aromatic N) is 7. The number of carbonyl (C=O) groups excluding carboxylic acids is 2. The van der Waals surface area contributed by atoms with Crippen LogP contribution in [0, 0.1) is 0 Å². The summed E-state index contributed by atoms with van der Waals surface area (Å²) in [7, 11) is 0. The highest BCUT2D eigenvalue weighted by Crippen LogP contribution is 2.33. The van der Waals surface area contributed by atoms with Crippen molar-refractivity contribution >= 4 is 17.9 Å². The Balaban J connectivity index is 1.46. The molecule has 208 valence electrons. The van der Waals surface area contributed by atoms with E-state index in [0.717, 1.165) is 12.5 Å². The van der Waals surface area contributed by atoms with Gasteiger partial charge in [-0.2, -0.15) is 18.3 Å². The van der Waals surface area contributed by atoms with Crippen LogP contribution in [0.1, 0.15) is 53.7 Å². The van der Waals surface area contributed by atoms with Gasteiger partial charge in [0.15, 0.2) is 5.69 Å². The highest BCUT2D eigenvalue weighted by Gasteiger charge is 2.40. The summed E-state index contributed by atoms with van der Waals surface area (Å²) in [6.07, 6.45) is -1.30. The fourth-order valence-corrected chi connectivity index (χ4v) is 4.51. The van der Waals surface area contributed by atoms with Gasteiger partial charge < -0.3 is 14.5 Å². The molecule has 2 saturated heterocycles. The number of carbonyl (C=O) groups is 2. The van der Waals surface area contributed by atoms with Gasteiger partial charge in [-0.25, -0.2) is 14.8 Å². The first-order chi connectivity index (χ1) is 17.5. The van der Waals surface area contributed by atoms with Gasteiger partial charge in [-0.1, -0.05) is 0 Å². The molecule has 10 nitrogen and oxygen atoms in total. The van der Waals surface area contributed by atoms with Crippen LogP contribution in [0.4, 0.5) is 23.9 Å². The molecule has 0 aromatic carbocycles. The van der Waals surface area contributed by atoms with Crippen molar-refractivity contribution in [2.24, 2.45) is 0 Å². The van der Waals surface area contributed by atoms with E-state index >= 15 is 0 Å². The topological polar surface area (TPSA) is 96.7 Å². The predicted octanol–water partition coefficient (Wildman–Crippen LogP) is 3.82. The second-order valence-corrected chi connectivity index (χ2v) is 11.5. The number of hydrogen-bond donors (Lipinski definition) is 0. The second kappa shape index (κ2) is 9.73. The van der Waals surface area contributed by atoms with Crippen LogP contribution in [0.15, 0.2) is 18.5 Å². The zero-order chi connectivity index (χ0) is 28.0. The molecule has 1 atom stereocenters. The van der Waals surface area contributed by atoms with Crippen LogP contribution >= 0.6 is 0 Å². The molecule has 0 radical (unpaired) electrons. The Morgan fingerprint density at radius 3 is 2.39 bits per heavy atom. The molecule has 4 rings (SSSR count). The predicted molar refractivity (Wildman–Crippen MR) is 133 cm³/mol. The summed E-state index contributed by atoms with van der Waals surface area (Å²) in [5.41, 5.74) is -1.85. The molecule has 0 N–H and O–H groups in total. The van der Waals surface area contributed by atoms with Crippen LogP contribution in [0.2, 0.25) is 0 Å². The molecule has 38 heavy (non-hydrogen) atoms. The molecule has 2 amide bonds. The molecule has 2 fully saturated rings. The smallest absolute Gasteiger partial charge is 0.433 e. The molecule has 2 aromatic rings. The first kappa shape index (κ1) is 27.6. The van der Waals surface area contributed by atoms with Gasteiger partial charge in [0.05, 0.1) is 17.4 Å². The standard InChI is InChI=1S/C25H34F3N7O3/c1-16-7-8-34(16)21-30-18(11-19(31-21)25(26,27)28)17-12-29-33(13-17)14-20(36)32-9-10-35(24(5,6)15-32)22(37)38-23(2,3)4/h11-13,16H,7-10,14-15H2,1-6H3/t16-/m0/s1. The maximum atomic E-state index is 13.5. The minimum atomic E-state index is -4.62. The summed E-state index contributed by atoms with van der Waals surface area (Å²) in [5.74, 6) is -0.187. The number of ether oxygens (including phenoxy) is 1. The van der Waals surface area contributed by atoms with Gasteiger partial charge >= 0.3 is 12.3 Å². The number of piperazine rings is 1. The fourth-order valence-electron chi connectivity index (χ4n) is 4.51. The largest absolute Gasteiger partial charge is 0.444 e. The van der Waals surface area contributed by atoms with E-state index in [-0.39, 0.29) is 30.1 Å². The lowest BCUT2D eigenvalue weighted by molar-refractivity contribution is -0.141. The van der Waals surface area contributed by atoms with Crippen molar-refractivity contribution in [3.63, 3.8) is 0 Å². The van der Waals surface area contributed by atoms with Crippen molar-refractivity contribution in [3.8, 4) is 11.3 Å². The lowest BCUT2D eigenvalue weighted by atomic mass is 9.99. The second-order valence-electron chi connectivity index (χ2n) is 11.5. The van der Waals surface area contributed by atoms with Gasteiger partial charge in [0.2, 0.25) is 11.9 Å². The monoisotopic (exact) mass is 537 g/mol. The fraction of sp³-hybridized carbons (Fsp3) is 0.640. The van der Waals surface area contributed by atoms with E-state index in [0.29, 0.717) is 31.7 Å². The van der Waals surface area contributed by atoms with Gasteiger partial charge in [0, 0.05) is 44.0 Å². The molecule has 2 aliphatic rings. The molecule has 13 heteroatoms. The summed E-state index contributed by atoms with van der Waals surface area (Å²) in [6.45, 7) is 12.5. The van der Waals surface area contributed by atoms with Crippen LogP contribution < -0.4 is 4.90 Å². The van der Waals surface area contributed by atoms with E-state index in [4.69, 9.17) is 4.74 Å². The van der Waals surface area contributed by atoms with E-state index in [9.17, 15) is 22.8 Å². The van der Waals surface area contributed by atoms with Crippen molar-refractivity contribution in [3.05, 3.63) is 24.2 Å². The molecule has 4 heterocycles. The first-order valence-corrected chi connectivity index (χ1v) is 12.6. The molecule has 2 aromatic heterocycles. The molecule has 0 aliphatic carbocycles. The quantitative estimate of drug-likeness (QED) is 0.585. The van der Waals surface area contributed by atoms with E-state index in [1.165, 1.54) is 17.1 Å². The lowest BCUT2D eigenvalue weighted by Crippen LogP contribution is -2.62. The van der Waals surface area contributed by atoms with Crippen LogP contribution in [0.25, 0.3) is 11.3 Å². The van der Waals surface area contributed by atoms with Gasteiger partial charge in [-0.05, 0) is 54.0 Å². The Hall–Kier alpha value is -3.38. The maximum Gasteiger partial charge on any atom is 0.433 e. The van der Waals surface area contributed by atoms with E-state index in [1.807, 2.05) is 20.8 Å². The number of alkyl halides is 3. The minimum Gasteiger partial charge on any atom is -0.444 e. The van der Waals surface area contributed by atoms with Gasteiger partial charge in [0.1, 0.15) is 12.1 Å². The number of anilines is 1. The summed E-state index contributed by atoms with van der Waals surface area (Å²) in [6, 6.07) is 0.960. The average molecular weight is 538 g/mol. The molecule has 0 spiro atoms. The Labute approximate surface area is 219 Å². The Bertz CT molecular complexity index is 1210. The van der Waals surface area contributed by atoms with E-state index < -0.39 is 29.1 Å². The molecule has 0 unspecified atom stereocenters. The maximum absolute atomic E-state index is 13.5. The summed E-state index contributed by atoms with van der Waals surface area (Å²) >= 11 is 0. The Morgan fingerprint density at radius 2 is 1.84 bits per heavy atom. The zero-order valence-electron chi connectivity index (χ0n) is 22.5. The summed E-state index contributed by atoms with van der Waals surface area (Å²) in [5, 5.41) is 4.19. The van der Waals surface area contributed by atoms with Gasteiger partial charge in [-0.15, -0.1) is 0 Å². The summed E-state index contributed by atoms with van der Waals surface area (Å²) in [4.78, 5) is 38.8. The van der Waals surface area contributed by atoms with Gasteiger partial charge in [-0.3, -0.25) is 14.4 Å². The summed E-state index contributed by atoms with van der Waals surface area (Å²) < 4.78 is 47.5. The third kappa shape index (κ3) is 6.02. The number of aromatic nitrogens is 4. The number of rotatable bonds is 4. The van der Waals surface area contributed by atoms with Crippen LogP contribution in [-0.2, 0) is 22.3 Å². The molecule has 0 bridgehead atoms. The molecule has 2 aliphatic heterocycles. The number of amides is 2. The molecular weight excluding hydrogens is 503 g/mol. The first-order valence-electron chi connectivity index (χ1n) is 12.6.